The van der Waals surface area contributed by atoms with Crippen LogP contribution in [0.2, 0.25) is 0 Å². The summed E-state index contributed by atoms with van der Waals surface area (Å²) >= 11 is 5.56. The molecule has 3 rings (SSSR count). The number of nitrogens with one attached hydrogen (secondary N) is 1. The summed E-state index contributed by atoms with van der Waals surface area (Å²) in [6.07, 6.45) is -3.60. The summed E-state index contributed by atoms with van der Waals surface area (Å²) in [5.41, 5.74) is -2.73. The van der Waals surface area contributed by atoms with Crippen LogP contribution in [0.5, 0.6) is 0 Å². The number of likely N-dealkylation sites (tertiary alicyclic amines) is 1. The smallest absolute Gasteiger partial charge is 0.338 e. The maximum atomic E-state index is 13.4. The number of amides is 3. The molecule has 0 spiro atoms. The van der Waals surface area contributed by atoms with E-state index in [4.69, 9.17) is 17.5 Å². The van der Waals surface area contributed by atoms with Crippen molar-refractivity contribution in [3.05, 3.63) is 29.3 Å². The Kier molecular flexibility index (Phi) is 6.38. The van der Waals surface area contributed by atoms with Gasteiger partial charge in [0.05, 0.1) is 22.9 Å². The van der Waals surface area contributed by atoms with Crippen LogP contribution in [-0.4, -0.2) is 58.1 Å². The molecule has 0 aliphatic carbocycles. The molecule has 1 aromatic rings. The van der Waals surface area contributed by atoms with Gasteiger partial charge in [0.1, 0.15) is 5.54 Å². The van der Waals surface area contributed by atoms with E-state index >= 15 is 0 Å². The van der Waals surface area contributed by atoms with Crippen LogP contribution in [0.4, 0.5) is 23.7 Å². The van der Waals surface area contributed by atoms with E-state index in [0.717, 1.165) is 17.0 Å². The zero-order valence-corrected chi connectivity index (χ0v) is 18.8. The quantitative estimate of drug-likeness (QED) is 0.689. The summed E-state index contributed by atoms with van der Waals surface area (Å²) < 4.78 is 40.3. The van der Waals surface area contributed by atoms with Gasteiger partial charge in [-0.1, -0.05) is 0 Å². The van der Waals surface area contributed by atoms with E-state index in [-0.39, 0.29) is 22.9 Å². The predicted octanol–water partition coefficient (Wildman–Crippen LogP) is 3.48. The third kappa shape index (κ3) is 4.11. The van der Waals surface area contributed by atoms with Gasteiger partial charge in [0.15, 0.2) is 5.11 Å². The molecule has 0 aromatic heterocycles. The van der Waals surface area contributed by atoms with Gasteiger partial charge in [-0.2, -0.15) is 18.4 Å². The molecule has 172 valence electrons. The van der Waals surface area contributed by atoms with Crippen molar-refractivity contribution in [2.24, 2.45) is 0 Å². The molecule has 0 atom stereocenters. The van der Waals surface area contributed by atoms with Crippen molar-refractivity contribution in [1.29, 1.82) is 5.26 Å². The summed E-state index contributed by atoms with van der Waals surface area (Å²) in [5.74, 6) is -0.438. The minimum Gasteiger partial charge on any atom is -0.338 e. The summed E-state index contributed by atoms with van der Waals surface area (Å²) in [6, 6.07) is 4.39. The lowest BCUT2D eigenvalue weighted by atomic mass is 9.96. The Morgan fingerprint density at radius 3 is 2.47 bits per heavy atom. The van der Waals surface area contributed by atoms with E-state index in [1.807, 2.05) is 6.92 Å². The number of nitriles is 1. The second-order valence-corrected chi connectivity index (χ2v) is 8.61. The van der Waals surface area contributed by atoms with Crippen LogP contribution in [0.3, 0.4) is 0 Å². The molecular formula is C21H24F3N5O2S. The highest BCUT2D eigenvalue weighted by atomic mass is 32.1. The molecule has 0 saturated carbocycles. The summed E-state index contributed by atoms with van der Waals surface area (Å²) in [4.78, 5) is 29.9. The maximum absolute atomic E-state index is 13.4. The fourth-order valence-electron chi connectivity index (χ4n) is 4.24. The summed E-state index contributed by atoms with van der Waals surface area (Å²) in [5, 5.41) is 11.9. The molecule has 2 aliphatic heterocycles. The molecule has 3 amide bonds. The topological polar surface area (TPSA) is 79.7 Å². The van der Waals surface area contributed by atoms with Crippen LogP contribution in [0.15, 0.2) is 18.2 Å². The number of alkyl halides is 3. The Balaban J connectivity index is 1.88. The lowest BCUT2D eigenvalue weighted by molar-refractivity contribution is -0.137. The number of anilines is 1. The molecule has 2 fully saturated rings. The monoisotopic (exact) mass is 467 g/mol. The van der Waals surface area contributed by atoms with Gasteiger partial charge in [-0.15, -0.1) is 0 Å². The van der Waals surface area contributed by atoms with Crippen molar-refractivity contribution in [3.8, 4) is 6.07 Å². The SMILES string of the molecule is CCNC(=O)N1CCC(N2C(=S)N(c3ccc(C#N)c(C(F)(F)F)c3)C(=O)C2(C)C)CC1. The number of piperidine rings is 1. The number of nitrogens with zero attached hydrogens (tertiary/aromatic N) is 4. The van der Waals surface area contributed by atoms with E-state index in [0.29, 0.717) is 32.5 Å². The zero-order chi connectivity index (χ0) is 23.8. The number of hydrogen-bond donors (Lipinski definition) is 1. The second kappa shape index (κ2) is 8.58. The van der Waals surface area contributed by atoms with Crippen LogP contribution < -0.4 is 10.2 Å². The van der Waals surface area contributed by atoms with Crippen LogP contribution in [0.25, 0.3) is 0 Å². The molecule has 0 unspecified atom stereocenters. The Bertz CT molecular complexity index is 981. The van der Waals surface area contributed by atoms with Crippen molar-refractivity contribution < 1.29 is 22.8 Å². The van der Waals surface area contributed by atoms with Crippen molar-refractivity contribution in [2.75, 3.05) is 24.5 Å². The molecule has 0 bridgehead atoms. The summed E-state index contributed by atoms with van der Waals surface area (Å²) in [7, 11) is 0. The molecule has 1 aromatic carbocycles. The molecule has 32 heavy (non-hydrogen) atoms. The number of carbonyl (C=O) groups is 2. The number of benzene rings is 1. The van der Waals surface area contributed by atoms with Gasteiger partial charge < -0.3 is 15.1 Å². The Hall–Kier alpha value is -2.87. The largest absolute Gasteiger partial charge is 0.417 e. The normalized spacial score (nSPS) is 19.3. The van der Waals surface area contributed by atoms with Gasteiger partial charge in [-0.25, -0.2) is 4.79 Å². The van der Waals surface area contributed by atoms with E-state index < -0.39 is 28.7 Å². The average Bonchev–Trinajstić information content (AvgIpc) is 2.91. The van der Waals surface area contributed by atoms with E-state index in [9.17, 15) is 22.8 Å². The Morgan fingerprint density at radius 1 is 1.31 bits per heavy atom. The summed E-state index contributed by atoms with van der Waals surface area (Å²) in [6.45, 7) is 6.70. The first-order valence-electron chi connectivity index (χ1n) is 10.3. The first kappa shape index (κ1) is 23.8. The molecule has 11 heteroatoms. The van der Waals surface area contributed by atoms with E-state index in [1.54, 1.807) is 23.6 Å². The number of carbonyl (C=O) groups excluding carboxylic acids is 2. The fraction of sp³-hybridized carbons (Fsp3) is 0.524. The molecule has 0 radical (unpaired) electrons. The zero-order valence-electron chi connectivity index (χ0n) is 18.0. The minimum absolute atomic E-state index is 0.0262. The third-order valence-corrected chi connectivity index (χ3v) is 6.24. The fourth-order valence-corrected chi connectivity index (χ4v) is 4.81. The van der Waals surface area contributed by atoms with Crippen molar-refractivity contribution in [3.63, 3.8) is 0 Å². The van der Waals surface area contributed by atoms with Gasteiger partial charge in [-0.3, -0.25) is 9.69 Å². The number of halogens is 3. The lowest BCUT2D eigenvalue weighted by Crippen LogP contribution is -2.55. The van der Waals surface area contributed by atoms with E-state index in [2.05, 4.69) is 5.32 Å². The highest BCUT2D eigenvalue weighted by molar-refractivity contribution is 7.80. The first-order chi connectivity index (χ1) is 14.9. The standard InChI is InChI=1S/C21H24F3N5O2S/c1-4-26-18(31)27-9-7-14(8-10-27)29-19(32)28(17(30)20(29,2)3)15-6-5-13(12-25)16(11-15)21(22,23)24/h5-6,11,14H,4,7-10H2,1-3H3,(H,26,31). The third-order valence-electron chi connectivity index (χ3n) is 5.86. The second-order valence-electron chi connectivity index (χ2n) is 8.25. The first-order valence-corrected chi connectivity index (χ1v) is 10.7. The molecule has 1 N–H and O–H groups in total. The highest BCUT2D eigenvalue weighted by Gasteiger charge is 2.52. The molecular weight excluding hydrogens is 443 g/mol. The van der Waals surface area contributed by atoms with Crippen molar-refractivity contribution >= 4 is 35.0 Å². The Labute approximate surface area is 189 Å². The van der Waals surface area contributed by atoms with Crippen molar-refractivity contribution in [2.45, 2.75) is 51.4 Å². The molecule has 2 aliphatic rings. The van der Waals surface area contributed by atoms with Gasteiger partial charge in [0.2, 0.25) is 0 Å². The van der Waals surface area contributed by atoms with Crippen molar-refractivity contribution in [1.82, 2.24) is 15.1 Å². The van der Waals surface area contributed by atoms with E-state index in [1.165, 1.54) is 12.1 Å². The maximum Gasteiger partial charge on any atom is 0.417 e. The predicted molar refractivity (Wildman–Crippen MR) is 116 cm³/mol. The Morgan fingerprint density at radius 2 is 1.94 bits per heavy atom. The molecule has 2 saturated heterocycles. The number of thiocarbonyl (C=S) groups is 1. The van der Waals surface area contributed by atoms with Gasteiger partial charge in [-0.05, 0) is 64.0 Å². The molecule has 7 nitrogen and oxygen atoms in total. The van der Waals surface area contributed by atoms with Crippen LogP contribution in [0, 0.1) is 11.3 Å². The minimum atomic E-state index is -4.74. The number of hydrogen-bond acceptors (Lipinski definition) is 4. The lowest BCUT2D eigenvalue weighted by Gasteiger charge is -2.41. The van der Waals surface area contributed by atoms with Crippen LogP contribution in [-0.2, 0) is 11.0 Å². The molecule has 2 heterocycles. The van der Waals surface area contributed by atoms with Gasteiger partial charge in [0.25, 0.3) is 5.91 Å². The van der Waals surface area contributed by atoms with Gasteiger partial charge in [0, 0.05) is 25.7 Å². The highest BCUT2D eigenvalue weighted by Crippen LogP contribution is 2.39. The van der Waals surface area contributed by atoms with Gasteiger partial charge >= 0.3 is 12.2 Å². The number of rotatable bonds is 3. The average molecular weight is 468 g/mol. The van der Waals surface area contributed by atoms with Crippen LogP contribution in [0.1, 0.15) is 44.7 Å². The number of urea groups is 1. The van der Waals surface area contributed by atoms with Crippen LogP contribution >= 0.6 is 12.2 Å².